The van der Waals surface area contributed by atoms with Crippen LogP contribution in [-0.2, 0) is 9.53 Å². The Balaban J connectivity index is 2.88. The number of hydrogen-bond donors (Lipinski definition) is 0. The zero-order valence-corrected chi connectivity index (χ0v) is 12.2. The van der Waals surface area contributed by atoms with E-state index in [0.29, 0.717) is 31.1 Å². The molecule has 0 aliphatic heterocycles. The number of esters is 1. The van der Waals surface area contributed by atoms with Crippen molar-refractivity contribution < 1.29 is 19.1 Å². The Bertz CT molecular complexity index is 459. The van der Waals surface area contributed by atoms with E-state index in [0.717, 1.165) is 0 Å². The lowest BCUT2D eigenvalue weighted by Gasteiger charge is -2.21. The largest absolute Gasteiger partial charge is 0.493 e. The number of ether oxygens (including phenoxy) is 2. The van der Waals surface area contributed by atoms with Crippen LogP contribution in [0.2, 0.25) is 0 Å². The molecule has 0 saturated carbocycles. The molecule has 20 heavy (non-hydrogen) atoms. The molecule has 0 aliphatic carbocycles. The normalized spacial score (nSPS) is 9.95. The topological polar surface area (TPSA) is 55.8 Å². The van der Waals surface area contributed by atoms with Gasteiger partial charge in [-0.1, -0.05) is 12.1 Å². The predicted molar refractivity (Wildman–Crippen MR) is 75.8 cm³/mol. The molecule has 0 saturated heterocycles. The molecule has 0 unspecified atom stereocenters. The fourth-order valence-corrected chi connectivity index (χ4v) is 1.78. The zero-order valence-electron chi connectivity index (χ0n) is 12.2. The Labute approximate surface area is 119 Å². The number of carbonyl (C=O) groups excluding carboxylic acids is 2. The first-order valence-electron chi connectivity index (χ1n) is 6.80. The smallest absolute Gasteiger partial charge is 0.325 e. The summed E-state index contributed by atoms with van der Waals surface area (Å²) >= 11 is 0. The fraction of sp³-hybridized carbons (Fsp3) is 0.467. The Morgan fingerprint density at radius 1 is 1.10 bits per heavy atom. The third-order valence-corrected chi connectivity index (χ3v) is 2.71. The number of nitrogens with zero attached hydrogens (tertiary/aromatic N) is 1. The van der Waals surface area contributed by atoms with E-state index < -0.39 is 5.97 Å². The van der Waals surface area contributed by atoms with Gasteiger partial charge in [0.15, 0.2) is 0 Å². The maximum Gasteiger partial charge on any atom is 0.325 e. The summed E-state index contributed by atoms with van der Waals surface area (Å²) in [4.78, 5) is 25.4. The Morgan fingerprint density at radius 3 is 2.40 bits per heavy atom. The average molecular weight is 279 g/mol. The van der Waals surface area contributed by atoms with E-state index >= 15 is 0 Å². The number of para-hydroxylation sites is 1. The van der Waals surface area contributed by atoms with Gasteiger partial charge < -0.3 is 14.4 Å². The van der Waals surface area contributed by atoms with Crippen LogP contribution in [0.25, 0.3) is 0 Å². The molecule has 1 rings (SSSR count). The lowest BCUT2D eigenvalue weighted by molar-refractivity contribution is -0.143. The van der Waals surface area contributed by atoms with Crippen LogP contribution in [0.5, 0.6) is 5.75 Å². The minimum atomic E-state index is -0.406. The molecule has 0 N–H and O–H groups in total. The van der Waals surface area contributed by atoms with Crippen LogP contribution in [0, 0.1) is 0 Å². The second kappa shape index (κ2) is 8.19. The Morgan fingerprint density at radius 2 is 1.80 bits per heavy atom. The van der Waals surface area contributed by atoms with Crippen LogP contribution in [0.4, 0.5) is 0 Å². The first kappa shape index (κ1) is 16.0. The molecule has 1 aromatic rings. The van der Waals surface area contributed by atoms with Crippen molar-refractivity contribution in [2.75, 3.05) is 26.3 Å². The van der Waals surface area contributed by atoms with E-state index in [9.17, 15) is 9.59 Å². The van der Waals surface area contributed by atoms with E-state index in [1.54, 1.807) is 25.1 Å². The Hall–Kier alpha value is -2.04. The van der Waals surface area contributed by atoms with Crippen LogP contribution >= 0.6 is 0 Å². The van der Waals surface area contributed by atoms with Gasteiger partial charge in [0.25, 0.3) is 5.91 Å². The monoisotopic (exact) mass is 279 g/mol. The summed E-state index contributed by atoms with van der Waals surface area (Å²) in [6, 6.07) is 7.02. The molecular formula is C15H21NO4. The molecule has 110 valence electrons. The van der Waals surface area contributed by atoms with Gasteiger partial charge in [-0.15, -0.1) is 0 Å². The molecule has 0 spiro atoms. The van der Waals surface area contributed by atoms with Gasteiger partial charge in [0, 0.05) is 6.54 Å². The molecule has 5 nitrogen and oxygen atoms in total. The van der Waals surface area contributed by atoms with E-state index in [4.69, 9.17) is 9.47 Å². The lowest BCUT2D eigenvalue weighted by atomic mass is 10.1. The highest BCUT2D eigenvalue weighted by molar-refractivity contribution is 5.98. The van der Waals surface area contributed by atoms with Crippen LogP contribution in [0.3, 0.4) is 0 Å². The first-order chi connectivity index (χ1) is 9.63. The van der Waals surface area contributed by atoms with Gasteiger partial charge in [-0.25, -0.2) is 0 Å². The van der Waals surface area contributed by atoms with E-state index in [1.807, 2.05) is 19.9 Å². The molecule has 0 aromatic heterocycles. The van der Waals surface area contributed by atoms with Crippen LogP contribution < -0.4 is 4.74 Å². The maximum atomic E-state index is 12.4. The summed E-state index contributed by atoms with van der Waals surface area (Å²) in [5.74, 6) is -0.108. The van der Waals surface area contributed by atoms with Crippen molar-refractivity contribution in [3.63, 3.8) is 0 Å². The van der Waals surface area contributed by atoms with Gasteiger partial charge in [-0.3, -0.25) is 9.59 Å². The summed E-state index contributed by atoms with van der Waals surface area (Å²) in [6.07, 6.45) is 0. The van der Waals surface area contributed by atoms with Gasteiger partial charge in [-0.05, 0) is 32.9 Å². The van der Waals surface area contributed by atoms with Gasteiger partial charge in [0.05, 0.1) is 18.8 Å². The van der Waals surface area contributed by atoms with Crippen molar-refractivity contribution in [1.82, 2.24) is 4.90 Å². The summed E-state index contributed by atoms with van der Waals surface area (Å²) < 4.78 is 10.3. The summed E-state index contributed by atoms with van der Waals surface area (Å²) in [5.41, 5.74) is 0.459. The third kappa shape index (κ3) is 4.26. The number of carbonyl (C=O) groups is 2. The lowest BCUT2D eigenvalue weighted by Crippen LogP contribution is -2.36. The van der Waals surface area contributed by atoms with Crippen molar-refractivity contribution in [2.45, 2.75) is 20.8 Å². The molecule has 1 aromatic carbocycles. The maximum absolute atomic E-state index is 12.4. The molecule has 0 heterocycles. The number of amides is 1. The minimum Gasteiger partial charge on any atom is -0.493 e. The molecule has 5 heteroatoms. The van der Waals surface area contributed by atoms with E-state index in [-0.39, 0.29) is 12.5 Å². The van der Waals surface area contributed by atoms with Gasteiger partial charge in [0.2, 0.25) is 0 Å². The summed E-state index contributed by atoms with van der Waals surface area (Å²) in [6.45, 7) is 6.58. The number of benzene rings is 1. The van der Waals surface area contributed by atoms with Crippen LogP contribution in [0.15, 0.2) is 24.3 Å². The molecule has 0 fully saturated rings. The molecule has 1 amide bonds. The van der Waals surface area contributed by atoms with Crippen LogP contribution in [0.1, 0.15) is 31.1 Å². The minimum absolute atomic E-state index is 0.0520. The van der Waals surface area contributed by atoms with Crippen molar-refractivity contribution in [2.24, 2.45) is 0 Å². The van der Waals surface area contributed by atoms with E-state index in [1.165, 1.54) is 4.90 Å². The first-order valence-corrected chi connectivity index (χ1v) is 6.80. The number of hydrogen-bond acceptors (Lipinski definition) is 4. The summed E-state index contributed by atoms with van der Waals surface area (Å²) in [5, 5.41) is 0. The number of rotatable bonds is 7. The molecule has 0 atom stereocenters. The quantitative estimate of drug-likeness (QED) is 0.717. The van der Waals surface area contributed by atoms with Crippen molar-refractivity contribution in [1.29, 1.82) is 0 Å². The Kier molecular flexibility index (Phi) is 6.56. The second-order valence-corrected chi connectivity index (χ2v) is 4.05. The molecular weight excluding hydrogens is 258 g/mol. The SMILES string of the molecule is CCOC(=O)CN(CC)C(=O)c1ccccc1OCC. The highest BCUT2D eigenvalue weighted by Crippen LogP contribution is 2.19. The van der Waals surface area contributed by atoms with Crippen LogP contribution in [-0.4, -0.2) is 43.1 Å². The zero-order chi connectivity index (χ0) is 15.0. The molecule has 0 bridgehead atoms. The standard InChI is InChI=1S/C15H21NO4/c1-4-16(11-14(17)20-6-3)15(18)12-9-7-8-10-13(12)19-5-2/h7-10H,4-6,11H2,1-3H3. The van der Waals surface area contributed by atoms with E-state index in [2.05, 4.69) is 0 Å². The fourth-order valence-electron chi connectivity index (χ4n) is 1.78. The molecule has 0 aliphatic rings. The predicted octanol–water partition coefficient (Wildman–Crippen LogP) is 2.11. The highest BCUT2D eigenvalue weighted by Gasteiger charge is 2.20. The number of likely N-dealkylation sites (N-methyl/N-ethyl adjacent to an activating group) is 1. The van der Waals surface area contributed by atoms with Crippen molar-refractivity contribution in [3.05, 3.63) is 29.8 Å². The average Bonchev–Trinajstić information content (AvgIpc) is 2.45. The van der Waals surface area contributed by atoms with Crippen molar-refractivity contribution in [3.8, 4) is 5.75 Å². The van der Waals surface area contributed by atoms with Gasteiger partial charge in [0.1, 0.15) is 12.3 Å². The summed E-state index contributed by atoms with van der Waals surface area (Å²) in [7, 11) is 0. The van der Waals surface area contributed by atoms with Gasteiger partial charge in [-0.2, -0.15) is 0 Å². The van der Waals surface area contributed by atoms with Gasteiger partial charge >= 0.3 is 5.97 Å². The second-order valence-electron chi connectivity index (χ2n) is 4.05. The molecule has 0 radical (unpaired) electrons. The highest BCUT2D eigenvalue weighted by atomic mass is 16.5. The van der Waals surface area contributed by atoms with Crippen molar-refractivity contribution >= 4 is 11.9 Å². The third-order valence-electron chi connectivity index (χ3n) is 2.71.